The van der Waals surface area contributed by atoms with Gasteiger partial charge in [0.2, 0.25) is 35.5 Å². The SMILES string of the molecule is Cn1c(NC(=O)CN(CC(=O)Nc2nc3ccccc3n2C)C(=O)CCCCCC(=O)NO)nc2ccccc21. The first-order valence-corrected chi connectivity index (χ1v) is 12.9. The third kappa shape index (κ3) is 6.80. The Kier molecular flexibility index (Phi) is 9.07. The van der Waals surface area contributed by atoms with Crippen LogP contribution in [0.4, 0.5) is 11.9 Å². The lowest BCUT2D eigenvalue weighted by atomic mass is 10.1. The largest absolute Gasteiger partial charge is 0.324 e. The molecule has 4 aromatic rings. The lowest BCUT2D eigenvalue weighted by molar-refractivity contribution is -0.137. The molecule has 4 amide bonds. The molecule has 0 saturated carbocycles. The Morgan fingerprint density at radius 3 is 1.68 bits per heavy atom. The Labute approximate surface area is 230 Å². The zero-order chi connectivity index (χ0) is 28.6. The quantitative estimate of drug-likeness (QED) is 0.120. The standard InChI is InChI=1S/C27H32N8O5/c1-33-20-12-8-6-10-18(20)28-26(33)30-23(37)16-35(25(39)15-5-3-4-14-22(36)32-40)17-24(38)31-27-29-19-11-7-9-13-21(19)34(27)2/h6-13,40H,3-5,14-17H2,1-2H3,(H,32,36)(H,28,30,37)(H,29,31,38). The zero-order valence-corrected chi connectivity index (χ0v) is 22.4. The summed E-state index contributed by atoms with van der Waals surface area (Å²) in [5.41, 5.74) is 4.67. The van der Waals surface area contributed by atoms with Crippen molar-refractivity contribution in [2.45, 2.75) is 32.1 Å². The van der Waals surface area contributed by atoms with Crippen LogP contribution < -0.4 is 16.1 Å². The van der Waals surface area contributed by atoms with E-state index in [0.29, 0.717) is 42.2 Å². The first-order chi connectivity index (χ1) is 19.3. The number of para-hydroxylation sites is 4. The van der Waals surface area contributed by atoms with Crippen LogP contribution in [0, 0.1) is 0 Å². The van der Waals surface area contributed by atoms with Crippen LogP contribution in [0.15, 0.2) is 48.5 Å². The fraction of sp³-hybridized carbons (Fsp3) is 0.333. The van der Waals surface area contributed by atoms with Gasteiger partial charge in [0.1, 0.15) is 13.1 Å². The Morgan fingerprint density at radius 1 is 0.725 bits per heavy atom. The van der Waals surface area contributed by atoms with Crippen molar-refractivity contribution in [3.63, 3.8) is 0 Å². The first kappa shape index (κ1) is 28.2. The van der Waals surface area contributed by atoms with Gasteiger partial charge in [-0.3, -0.25) is 35.0 Å². The number of rotatable bonds is 12. The number of aromatic nitrogens is 4. The smallest absolute Gasteiger partial charge is 0.246 e. The summed E-state index contributed by atoms with van der Waals surface area (Å²) in [4.78, 5) is 60.3. The highest BCUT2D eigenvalue weighted by Gasteiger charge is 2.22. The number of nitrogens with one attached hydrogen (secondary N) is 3. The first-order valence-electron chi connectivity index (χ1n) is 12.9. The zero-order valence-electron chi connectivity index (χ0n) is 22.4. The van der Waals surface area contributed by atoms with Gasteiger partial charge in [-0.25, -0.2) is 15.4 Å². The van der Waals surface area contributed by atoms with Crippen molar-refractivity contribution in [2.24, 2.45) is 14.1 Å². The van der Waals surface area contributed by atoms with Gasteiger partial charge in [0, 0.05) is 26.9 Å². The number of unbranched alkanes of at least 4 members (excludes halogenated alkanes) is 2. The molecule has 2 aromatic heterocycles. The Morgan fingerprint density at radius 2 is 1.20 bits per heavy atom. The summed E-state index contributed by atoms with van der Waals surface area (Å²) in [5, 5.41) is 14.1. The number of amides is 4. The van der Waals surface area contributed by atoms with Gasteiger partial charge in [-0.2, -0.15) is 0 Å². The summed E-state index contributed by atoms with van der Waals surface area (Å²) in [6, 6.07) is 14.9. The predicted molar refractivity (Wildman–Crippen MR) is 148 cm³/mol. The normalized spacial score (nSPS) is 11.0. The van der Waals surface area contributed by atoms with Crippen molar-refractivity contribution in [1.29, 1.82) is 0 Å². The van der Waals surface area contributed by atoms with Crippen molar-refractivity contribution >= 4 is 57.6 Å². The summed E-state index contributed by atoms with van der Waals surface area (Å²) < 4.78 is 3.47. The minimum Gasteiger partial charge on any atom is -0.324 e. The molecule has 0 radical (unpaired) electrons. The second kappa shape index (κ2) is 12.8. The minimum atomic E-state index is -0.498. The predicted octanol–water partition coefficient (Wildman–Crippen LogP) is 2.32. The van der Waals surface area contributed by atoms with E-state index in [1.165, 1.54) is 4.90 Å². The molecular formula is C27H32N8O5. The van der Waals surface area contributed by atoms with E-state index >= 15 is 0 Å². The van der Waals surface area contributed by atoms with E-state index in [4.69, 9.17) is 5.21 Å². The molecule has 4 rings (SSSR count). The van der Waals surface area contributed by atoms with Crippen molar-refractivity contribution < 1.29 is 24.4 Å². The number of hydrogen-bond acceptors (Lipinski definition) is 7. The van der Waals surface area contributed by atoms with Crippen molar-refractivity contribution in [3.05, 3.63) is 48.5 Å². The van der Waals surface area contributed by atoms with Crippen molar-refractivity contribution in [1.82, 2.24) is 29.5 Å². The third-order valence-corrected chi connectivity index (χ3v) is 6.52. The van der Waals surface area contributed by atoms with Crippen molar-refractivity contribution in [2.75, 3.05) is 23.7 Å². The number of benzene rings is 2. The number of fused-ring (bicyclic) bond motifs is 2. The fourth-order valence-corrected chi connectivity index (χ4v) is 4.37. The van der Waals surface area contributed by atoms with Gasteiger partial charge in [-0.1, -0.05) is 30.7 Å². The minimum absolute atomic E-state index is 0.0832. The maximum Gasteiger partial charge on any atom is 0.246 e. The fourth-order valence-electron chi connectivity index (χ4n) is 4.37. The Hall–Kier alpha value is -4.78. The molecule has 2 aromatic carbocycles. The molecule has 210 valence electrons. The highest BCUT2D eigenvalue weighted by molar-refractivity contribution is 5.98. The lowest BCUT2D eigenvalue weighted by Gasteiger charge is -2.21. The van der Waals surface area contributed by atoms with Gasteiger partial charge in [0.05, 0.1) is 22.1 Å². The molecule has 0 aliphatic rings. The molecule has 0 atom stereocenters. The molecule has 13 nitrogen and oxygen atoms in total. The number of nitrogens with zero attached hydrogens (tertiary/aromatic N) is 5. The summed E-state index contributed by atoms with van der Waals surface area (Å²) >= 11 is 0. The van der Waals surface area contributed by atoms with Crippen LogP contribution in [-0.4, -0.2) is 65.9 Å². The second-order valence-electron chi connectivity index (χ2n) is 9.41. The van der Waals surface area contributed by atoms with Gasteiger partial charge >= 0.3 is 0 Å². The number of carbonyl (C=O) groups excluding carboxylic acids is 4. The number of hydroxylamine groups is 1. The van der Waals surface area contributed by atoms with Gasteiger partial charge in [0.25, 0.3) is 0 Å². The maximum absolute atomic E-state index is 13.1. The van der Waals surface area contributed by atoms with Gasteiger partial charge < -0.3 is 14.0 Å². The van der Waals surface area contributed by atoms with Crippen LogP contribution in [0.1, 0.15) is 32.1 Å². The van der Waals surface area contributed by atoms with Crippen molar-refractivity contribution in [3.8, 4) is 0 Å². The Balaban J connectivity index is 1.42. The molecule has 0 spiro atoms. The van der Waals surface area contributed by atoms with Gasteiger partial charge in [-0.05, 0) is 37.1 Å². The highest BCUT2D eigenvalue weighted by atomic mass is 16.5. The van der Waals surface area contributed by atoms with E-state index in [2.05, 4.69) is 20.6 Å². The van der Waals surface area contributed by atoms with Gasteiger partial charge in [-0.15, -0.1) is 0 Å². The average molecular weight is 549 g/mol. The Bertz CT molecular complexity index is 1450. The van der Waals surface area contributed by atoms with Crippen LogP contribution in [-0.2, 0) is 33.3 Å². The highest BCUT2D eigenvalue weighted by Crippen LogP contribution is 2.19. The molecule has 40 heavy (non-hydrogen) atoms. The summed E-state index contributed by atoms with van der Waals surface area (Å²) in [5.74, 6) is -1.23. The molecule has 0 unspecified atom stereocenters. The third-order valence-electron chi connectivity index (χ3n) is 6.52. The van der Waals surface area contributed by atoms with Crippen LogP contribution in [0.5, 0.6) is 0 Å². The van der Waals surface area contributed by atoms with Crippen LogP contribution in [0.2, 0.25) is 0 Å². The van der Waals surface area contributed by atoms with E-state index in [1.54, 1.807) is 28.7 Å². The van der Waals surface area contributed by atoms with E-state index in [0.717, 1.165) is 11.0 Å². The number of hydrogen-bond donors (Lipinski definition) is 4. The molecule has 0 aliphatic heterocycles. The number of anilines is 2. The summed E-state index contributed by atoms with van der Waals surface area (Å²) in [6.45, 7) is -0.712. The van der Waals surface area contributed by atoms with Crippen LogP contribution >= 0.6 is 0 Å². The van der Waals surface area contributed by atoms with Gasteiger partial charge in [0.15, 0.2) is 0 Å². The number of imidazole rings is 2. The van der Waals surface area contributed by atoms with E-state index < -0.39 is 17.7 Å². The van der Waals surface area contributed by atoms with Crippen LogP contribution in [0.3, 0.4) is 0 Å². The summed E-state index contributed by atoms with van der Waals surface area (Å²) in [7, 11) is 3.55. The second-order valence-corrected chi connectivity index (χ2v) is 9.41. The van der Waals surface area contributed by atoms with E-state index in [-0.39, 0.29) is 31.8 Å². The lowest BCUT2D eigenvalue weighted by Crippen LogP contribution is -2.43. The number of carbonyl (C=O) groups is 4. The van der Waals surface area contributed by atoms with E-state index in [9.17, 15) is 19.2 Å². The molecular weight excluding hydrogens is 516 g/mol. The molecule has 0 saturated heterocycles. The average Bonchev–Trinajstić information content (AvgIpc) is 3.43. The number of aryl methyl sites for hydroxylation is 2. The molecule has 0 aliphatic carbocycles. The molecule has 2 heterocycles. The van der Waals surface area contributed by atoms with E-state index in [1.807, 2.05) is 48.5 Å². The maximum atomic E-state index is 13.1. The summed E-state index contributed by atoms with van der Waals surface area (Å²) in [6.07, 6.45) is 1.72. The monoisotopic (exact) mass is 548 g/mol. The molecule has 13 heteroatoms. The molecule has 0 bridgehead atoms. The topological polar surface area (TPSA) is 163 Å². The molecule has 0 fully saturated rings. The van der Waals surface area contributed by atoms with Crippen LogP contribution in [0.25, 0.3) is 22.1 Å². The molecule has 4 N–H and O–H groups in total.